The topological polar surface area (TPSA) is 45.5 Å². The number of piperidine rings is 1. The van der Waals surface area contributed by atoms with Gasteiger partial charge in [-0.15, -0.1) is 0 Å². The molecule has 22 heavy (non-hydrogen) atoms. The number of likely N-dealkylation sites (tertiary alicyclic amines) is 1. The molecule has 0 radical (unpaired) electrons. The van der Waals surface area contributed by atoms with Gasteiger partial charge in [0.2, 0.25) is 0 Å². The first-order valence-corrected chi connectivity index (χ1v) is 8.40. The first kappa shape index (κ1) is 15.3. The molecule has 0 aliphatic carbocycles. The van der Waals surface area contributed by atoms with Crippen LogP contribution < -0.4 is 5.32 Å². The fraction of sp³-hybridized carbons (Fsp3) is 0.647. The van der Waals surface area contributed by atoms with Crippen LogP contribution in [0.2, 0.25) is 0 Å². The van der Waals surface area contributed by atoms with Crippen molar-refractivity contribution in [3.05, 3.63) is 24.0 Å². The monoisotopic (exact) mass is 301 g/mol. The lowest BCUT2D eigenvalue weighted by Crippen LogP contribution is -2.32. The molecule has 0 saturated carbocycles. The number of nitrogens with one attached hydrogen (secondary N) is 1. The predicted octanol–water partition coefficient (Wildman–Crippen LogP) is 3.00. The summed E-state index contributed by atoms with van der Waals surface area (Å²) in [5.74, 6) is 2.29. The van der Waals surface area contributed by atoms with E-state index in [0.717, 1.165) is 29.6 Å². The number of nitrogens with zero attached hydrogens (tertiary/aromatic N) is 4. The molecule has 0 unspecified atom stereocenters. The second kappa shape index (κ2) is 6.65. The molecule has 3 rings (SSSR count). The minimum Gasteiger partial charge on any atom is -0.370 e. The van der Waals surface area contributed by atoms with Gasteiger partial charge in [0.15, 0.2) is 5.65 Å². The zero-order chi connectivity index (χ0) is 15.5. The molecule has 0 spiro atoms. The van der Waals surface area contributed by atoms with Crippen LogP contribution in [0.15, 0.2) is 18.3 Å². The van der Waals surface area contributed by atoms with Crippen molar-refractivity contribution in [2.45, 2.75) is 39.0 Å². The van der Waals surface area contributed by atoms with Crippen LogP contribution in [-0.4, -0.2) is 46.2 Å². The summed E-state index contributed by atoms with van der Waals surface area (Å²) >= 11 is 0. The van der Waals surface area contributed by atoms with E-state index in [9.17, 15) is 0 Å². The molecule has 120 valence electrons. The third-order valence-corrected chi connectivity index (χ3v) is 4.55. The van der Waals surface area contributed by atoms with Crippen molar-refractivity contribution in [1.29, 1.82) is 0 Å². The first-order valence-electron chi connectivity index (χ1n) is 8.40. The summed E-state index contributed by atoms with van der Waals surface area (Å²) in [5, 5.41) is 7.95. The van der Waals surface area contributed by atoms with Gasteiger partial charge in [-0.05, 0) is 44.7 Å². The van der Waals surface area contributed by atoms with Gasteiger partial charge in [-0.2, -0.15) is 9.61 Å². The largest absolute Gasteiger partial charge is 0.370 e. The van der Waals surface area contributed by atoms with Crippen molar-refractivity contribution in [3.8, 4) is 0 Å². The van der Waals surface area contributed by atoms with E-state index in [-0.39, 0.29) is 0 Å². The van der Waals surface area contributed by atoms with Crippen LogP contribution in [0.25, 0.3) is 5.65 Å². The van der Waals surface area contributed by atoms with Gasteiger partial charge in [0, 0.05) is 30.9 Å². The van der Waals surface area contributed by atoms with Crippen LogP contribution in [0, 0.1) is 5.92 Å². The van der Waals surface area contributed by atoms with Gasteiger partial charge < -0.3 is 10.2 Å². The second-order valence-electron chi connectivity index (χ2n) is 6.81. The van der Waals surface area contributed by atoms with Gasteiger partial charge in [-0.25, -0.2) is 4.98 Å². The van der Waals surface area contributed by atoms with Gasteiger partial charge >= 0.3 is 0 Å². The summed E-state index contributed by atoms with van der Waals surface area (Å²) in [7, 11) is 2.23. The summed E-state index contributed by atoms with van der Waals surface area (Å²) in [6.45, 7) is 7.83. The maximum absolute atomic E-state index is 4.66. The third-order valence-electron chi connectivity index (χ3n) is 4.55. The molecule has 1 aliphatic heterocycles. The highest BCUT2D eigenvalue weighted by Crippen LogP contribution is 2.21. The van der Waals surface area contributed by atoms with Gasteiger partial charge in [0.25, 0.3) is 0 Å². The molecule has 0 bridgehead atoms. The van der Waals surface area contributed by atoms with Crippen LogP contribution in [-0.2, 0) is 0 Å². The second-order valence-corrected chi connectivity index (χ2v) is 6.81. The summed E-state index contributed by atoms with van der Waals surface area (Å²) in [6.07, 6.45) is 5.72. The lowest BCUT2D eigenvalue weighted by atomic mass is 9.95. The molecule has 1 atom stereocenters. The number of fused-ring (bicyclic) bond motifs is 1. The molecule has 1 saturated heterocycles. The van der Waals surface area contributed by atoms with Crippen LogP contribution in [0.3, 0.4) is 0 Å². The van der Waals surface area contributed by atoms with Crippen molar-refractivity contribution >= 4 is 11.5 Å². The molecule has 0 amide bonds. The zero-order valence-corrected chi connectivity index (χ0v) is 13.9. The molecule has 0 aromatic carbocycles. The maximum Gasteiger partial charge on any atom is 0.157 e. The van der Waals surface area contributed by atoms with Crippen molar-refractivity contribution in [1.82, 2.24) is 19.5 Å². The molecule has 3 heterocycles. The van der Waals surface area contributed by atoms with E-state index < -0.39 is 0 Å². The normalized spacial score (nSPS) is 19.9. The third kappa shape index (κ3) is 3.40. The molecular formula is C17H27N5. The smallest absolute Gasteiger partial charge is 0.157 e. The van der Waals surface area contributed by atoms with E-state index in [2.05, 4.69) is 47.3 Å². The zero-order valence-electron chi connectivity index (χ0n) is 13.9. The minimum atomic E-state index is 0.424. The Bertz CT molecular complexity index is 619. The Kier molecular flexibility index (Phi) is 4.62. The fourth-order valence-electron chi connectivity index (χ4n) is 3.27. The summed E-state index contributed by atoms with van der Waals surface area (Å²) in [4.78, 5) is 7.10. The van der Waals surface area contributed by atoms with E-state index in [0.29, 0.717) is 5.92 Å². The maximum atomic E-state index is 4.66. The van der Waals surface area contributed by atoms with Gasteiger partial charge in [0.1, 0.15) is 5.82 Å². The molecule has 1 N–H and O–H groups in total. The highest BCUT2D eigenvalue weighted by Gasteiger charge is 2.17. The lowest BCUT2D eigenvalue weighted by molar-refractivity contribution is 0.205. The Hall–Kier alpha value is -1.62. The minimum absolute atomic E-state index is 0.424. The lowest BCUT2D eigenvalue weighted by Gasteiger charge is -2.29. The summed E-state index contributed by atoms with van der Waals surface area (Å²) in [6, 6.07) is 4.10. The van der Waals surface area contributed by atoms with E-state index in [1.807, 2.05) is 16.8 Å². The quantitative estimate of drug-likeness (QED) is 0.922. The number of hydrogen-bond donors (Lipinski definition) is 1. The fourth-order valence-corrected chi connectivity index (χ4v) is 3.27. The standard InChI is InChI=1S/C17H27N5/c1-13(2)15-11-17(22-16(20-15)7-9-19-22)18-8-6-14-5-4-10-21(3)12-14/h7,9,11,13-14,18H,4-6,8,10,12H2,1-3H3/t14-/m0/s1. The molecule has 2 aromatic rings. The van der Waals surface area contributed by atoms with Crippen molar-refractivity contribution < 1.29 is 0 Å². The molecule has 1 aliphatic rings. The Balaban J connectivity index is 1.66. The average molecular weight is 301 g/mol. The summed E-state index contributed by atoms with van der Waals surface area (Å²) in [5.41, 5.74) is 2.04. The van der Waals surface area contributed by atoms with Crippen LogP contribution >= 0.6 is 0 Å². The molecule has 2 aromatic heterocycles. The highest BCUT2D eigenvalue weighted by molar-refractivity contribution is 5.49. The number of anilines is 1. The Morgan fingerprint density at radius 1 is 1.41 bits per heavy atom. The Morgan fingerprint density at radius 3 is 3.05 bits per heavy atom. The van der Waals surface area contributed by atoms with E-state index in [1.54, 1.807) is 0 Å². The molecule has 5 nitrogen and oxygen atoms in total. The van der Waals surface area contributed by atoms with Gasteiger partial charge in [-0.3, -0.25) is 0 Å². The van der Waals surface area contributed by atoms with Gasteiger partial charge in [0.05, 0.1) is 6.20 Å². The molecule has 1 fully saturated rings. The van der Waals surface area contributed by atoms with Gasteiger partial charge in [-0.1, -0.05) is 13.8 Å². The summed E-state index contributed by atoms with van der Waals surface area (Å²) < 4.78 is 1.90. The molecule has 5 heteroatoms. The number of hydrogen-bond acceptors (Lipinski definition) is 4. The Morgan fingerprint density at radius 2 is 2.27 bits per heavy atom. The SMILES string of the molecule is CC(C)c1cc(NCC[C@@H]2CCCN(C)C2)n2nccc2n1. The average Bonchev–Trinajstić information content (AvgIpc) is 2.95. The number of rotatable bonds is 5. The highest BCUT2D eigenvalue weighted by atomic mass is 15.3. The van der Waals surface area contributed by atoms with E-state index in [4.69, 9.17) is 0 Å². The molecular weight excluding hydrogens is 274 g/mol. The van der Waals surface area contributed by atoms with Crippen molar-refractivity contribution in [3.63, 3.8) is 0 Å². The van der Waals surface area contributed by atoms with Crippen LogP contribution in [0.1, 0.15) is 44.7 Å². The van der Waals surface area contributed by atoms with E-state index in [1.165, 1.54) is 32.4 Å². The Labute approximate surface area is 132 Å². The number of aromatic nitrogens is 3. The van der Waals surface area contributed by atoms with Crippen molar-refractivity contribution in [2.75, 3.05) is 32.0 Å². The first-order chi connectivity index (χ1) is 10.6. The van der Waals surface area contributed by atoms with Crippen LogP contribution in [0.4, 0.5) is 5.82 Å². The van der Waals surface area contributed by atoms with Crippen LogP contribution in [0.5, 0.6) is 0 Å². The predicted molar refractivity (Wildman–Crippen MR) is 90.4 cm³/mol. The van der Waals surface area contributed by atoms with E-state index >= 15 is 0 Å². The van der Waals surface area contributed by atoms with Crippen molar-refractivity contribution in [2.24, 2.45) is 5.92 Å².